The zero-order chi connectivity index (χ0) is 13.3. The predicted molar refractivity (Wildman–Crippen MR) is 70.6 cm³/mol. The van der Waals surface area contributed by atoms with E-state index in [1.54, 1.807) is 11.8 Å². The Morgan fingerprint density at radius 1 is 1.61 bits per heavy atom. The first-order valence-electron chi connectivity index (χ1n) is 6.18. The summed E-state index contributed by atoms with van der Waals surface area (Å²) in [5, 5.41) is 0.148. The lowest BCUT2D eigenvalue weighted by Gasteiger charge is -2.51. The van der Waals surface area contributed by atoms with Crippen LogP contribution in [-0.4, -0.2) is 57.9 Å². The molecule has 2 saturated heterocycles. The first-order valence-corrected chi connectivity index (χ1v) is 7.23. The highest BCUT2D eigenvalue weighted by Crippen LogP contribution is 2.41. The molecule has 7 heteroatoms. The number of thioether (sulfide) groups is 1. The lowest BCUT2D eigenvalue weighted by molar-refractivity contribution is -0.135. The van der Waals surface area contributed by atoms with Gasteiger partial charge in [-0.25, -0.2) is 5.84 Å². The molecule has 0 aromatic carbocycles. The summed E-state index contributed by atoms with van der Waals surface area (Å²) in [7, 11) is 0. The lowest BCUT2D eigenvalue weighted by atomic mass is 9.92. The van der Waals surface area contributed by atoms with Crippen LogP contribution in [0.1, 0.15) is 20.3 Å². The number of amides is 2. The number of hydrogen-bond acceptors (Lipinski definition) is 5. The van der Waals surface area contributed by atoms with Crippen molar-refractivity contribution in [3.63, 3.8) is 0 Å². The second-order valence-corrected chi connectivity index (χ2v) is 6.02. The van der Waals surface area contributed by atoms with Crippen molar-refractivity contribution >= 4 is 23.6 Å². The molecule has 0 radical (unpaired) electrons. The monoisotopic (exact) mass is 272 g/mol. The van der Waals surface area contributed by atoms with E-state index >= 15 is 0 Å². The van der Waals surface area contributed by atoms with Crippen LogP contribution in [0.2, 0.25) is 0 Å². The Hall–Kier alpha value is -0.790. The summed E-state index contributed by atoms with van der Waals surface area (Å²) in [6.45, 7) is 5.93. The Morgan fingerprint density at radius 2 is 2.33 bits per heavy atom. The maximum absolute atomic E-state index is 11.8. The van der Waals surface area contributed by atoms with E-state index in [0.717, 1.165) is 13.0 Å². The van der Waals surface area contributed by atoms with Crippen molar-refractivity contribution in [3.05, 3.63) is 0 Å². The van der Waals surface area contributed by atoms with Gasteiger partial charge in [-0.2, -0.15) is 0 Å². The van der Waals surface area contributed by atoms with E-state index in [9.17, 15) is 9.59 Å². The van der Waals surface area contributed by atoms with Gasteiger partial charge in [0.2, 0.25) is 11.8 Å². The van der Waals surface area contributed by atoms with Crippen molar-refractivity contribution in [3.8, 4) is 0 Å². The van der Waals surface area contributed by atoms with Crippen LogP contribution in [0.25, 0.3) is 0 Å². The highest BCUT2D eigenvalue weighted by Gasteiger charge is 2.50. The van der Waals surface area contributed by atoms with E-state index in [-0.39, 0.29) is 22.7 Å². The van der Waals surface area contributed by atoms with Crippen LogP contribution in [0.5, 0.6) is 0 Å². The number of nitrogens with one attached hydrogen (secondary N) is 1. The minimum absolute atomic E-state index is 0.148. The van der Waals surface area contributed by atoms with Gasteiger partial charge >= 0.3 is 0 Å². The second-order valence-electron chi connectivity index (χ2n) is 4.95. The average Bonchev–Trinajstić information content (AvgIpc) is 2.75. The number of piperazine rings is 1. The molecule has 102 valence electrons. The number of hydrazine groups is 1. The summed E-state index contributed by atoms with van der Waals surface area (Å²) in [6.07, 6.45) is 0.895. The van der Waals surface area contributed by atoms with E-state index in [4.69, 9.17) is 5.84 Å². The zero-order valence-electron chi connectivity index (χ0n) is 10.8. The number of carbonyl (C=O) groups excluding carboxylic acids is 2. The third kappa shape index (κ3) is 2.10. The van der Waals surface area contributed by atoms with E-state index in [0.29, 0.717) is 18.8 Å². The van der Waals surface area contributed by atoms with Gasteiger partial charge in [0.1, 0.15) is 0 Å². The molecular formula is C11H20N4O2S. The fraction of sp³-hybridized carbons (Fsp3) is 0.818. The molecule has 2 aliphatic rings. The SMILES string of the molecule is CC[C@@]1(C)[C@@H]2SCC(=O)N2CCN1CC(=O)NN. The van der Waals surface area contributed by atoms with Gasteiger partial charge in [-0.05, 0) is 13.3 Å². The van der Waals surface area contributed by atoms with Gasteiger partial charge in [0, 0.05) is 18.6 Å². The number of rotatable bonds is 3. The largest absolute Gasteiger partial charge is 0.327 e. The third-order valence-corrected chi connectivity index (χ3v) is 5.54. The molecule has 2 fully saturated rings. The minimum Gasteiger partial charge on any atom is -0.327 e. The van der Waals surface area contributed by atoms with Crippen molar-refractivity contribution in [2.24, 2.45) is 5.84 Å². The summed E-state index contributed by atoms with van der Waals surface area (Å²) in [5.74, 6) is 5.74. The van der Waals surface area contributed by atoms with Crippen molar-refractivity contribution in [2.75, 3.05) is 25.4 Å². The van der Waals surface area contributed by atoms with Gasteiger partial charge in [-0.1, -0.05) is 6.92 Å². The normalized spacial score (nSPS) is 32.5. The lowest BCUT2D eigenvalue weighted by Crippen LogP contribution is -2.65. The number of hydrogen-bond donors (Lipinski definition) is 2. The molecule has 2 aliphatic heterocycles. The number of carbonyl (C=O) groups is 2. The topological polar surface area (TPSA) is 78.7 Å². The van der Waals surface area contributed by atoms with Crippen LogP contribution in [0.15, 0.2) is 0 Å². The van der Waals surface area contributed by atoms with Crippen molar-refractivity contribution in [2.45, 2.75) is 31.2 Å². The fourth-order valence-electron chi connectivity index (χ4n) is 2.73. The van der Waals surface area contributed by atoms with E-state index in [1.165, 1.54) is 0 Å². The van der Waals surface area contributed by atoms with Crippen LogP contribution in [-0.2, 0) is 9.59 Å². The molecule has 0 aromatic rings. The Balaban J connectivity index is 2.18. The van der Waals surface area contributed by atoms with Crippen LogP contribution in [0, 0.1) is 0 Å². The molecule has 0 aliphatic carbocycles. The molecule has 0 unspecified atom stereocenters. The summed E-state index contributed by atoms with van der Waals surface area (Å²) >= 11 is 1.68. The van der Waals surface area contributed by atoms with Gasteiger partial charge in [0.25, 0.3) is 0 Å². The molecule has 2 amide bonds. The Kier molecular flexibility index (Phi) is 3.84. The Bertz CT molecular complexity index is 365. The van der Waals surface area contributed by atoms with Crippen LogP contribution >= 0.6 is 11.8 Å². The molecule has 18 heavy (non-hydrogen) atoms. The summed E-state index contributed by atoms with van der Waals surface area (Å²) in [6, 6.07) is 0. The van der Waals surface area contributed by atoms with Crippen molar-refractivity contribution < 1.29 is 9.59 Å². The molecular weight excluding hydrogens is 252 g/mol. The Morgan fingerprint density at radius 3 is 2.94 bits per heavy atom. The van der Waals surface area contributed by atoms with E-state index in [2.05, 4.69) is 24.2 Å². The molecule has 0 aromatic heterocycles. The van der Waals surface area contributed by atoms with Crippen LogP contribution < -0.4 is 11.3 Å². The van der Waals surface area contributed by atoms with Gasteiger partial charge in [0.05, 0.1) is 17.7 Å². The fourth-order valence-corrected chi connectivity index (χ4v) is 4.27. The minimum atomic E-state index is -0.183. The van der Waals surface area contributed by atoms with Crippen LogP contribution in [0.3, 0.4) is 0 Å². The highest BCUT2D eigenvalue weighted by atomic mass is 32.2. The van der Waals surface area contributed by atoms with E-state index in [1.807, 2.05) is 4.90 Å². The second kappa shape index (κ2) is 5.07. The number of nitrogens with zero attached hydrogens (tertiary/aromatic N) is 2. The van der Waals surface area contributed by atoms with Crippen molar-refractivity contribution in [1.29, 1.82) is 0 Å². The standard InChI is InChI=1S/C11H20N4O2S/c1-3-11(2)10-15(9(17)7-18-10)5-4-14(11)6-8(16)13-12/h10H,3-7,12H2,1-2H3,(H,13,16)/t10-,11-/m0/s1. The summed E-state index contributed by atoms with van der Waals surface area (Å²) < 4.78 is 0. The van der Waals surface area contributed by atoms with Gasteiger partial charge in [-0.15, -0.1) is 11.8 Å². The smallest absolute Gasteiger partial charge is 0.248 e. The molecule has 6 nitrogen and oxygen atoms in total. The predicted octanol–water partition coefficient (Wildman–Crippen LogP) is -0.638. The maximum atomic E-state index is 11.8. The van der Waals surface area contributed by atoms with Gasteiger partial charge < -0.3 is 4.90 Å². The highest BCUT2D eigenvalue weighted by molar-refractivity contribution is 8.01. The first kappa shape index (κ1) is 13.6. The average molecular weight is 272 g/mol. The van der Waals surface area contributed by atoms with Gasteiger partial charge in [0.15, 0.2) is 0 Å². The third-order valence-electron chi connectivity index (χ3n) is 4.04. The first-order chi connectivity index (χ1) is 8.52. The quantitative estimate of drug-likeness (QED) is 0.406. The molecule has 3 N–H and O–H groups in total. The van der Waals surface area contributed by atoms with Crippen LogP contribution in [0.4, 0.5) is 0 Å². The Labute approximate surface area is 111 Å². The number of fused-ring (bicyclic) bond motifs is 1. The molecule has 2 rings (SSSR count). The maximum Gasteiger partial charge on any atom is 0.248 e. The molecule has 2 heterocycles. The van der Waals surface area contributed by atoms with E-state index < -0.39 is 0 Å². The van der Waals surface area contributed by atoms with Gasteiger partial charge in [-0.3, -0.25) is 19.9 Å². The summed E-state index contributed by atoms with van der Waals surface area (Å²) in [4.78, 5) is 27.3. The molecule has 0 spiro atoms. The molecule has 0 saturated carbocycles. The molecule has 2 atom stereocenters. The zero-order valence-corrected chi connectivity index (χ0v) is 11.6. The number of nitrogens with two attached hydrogens (primary N) is 1. The molecule has 0 bridgehead atoms. The summed E-state index contributed by atoms with van der Waals surface area (Å²) in [5.41, 5.74) is 2.01. The van der Waals surface area contributed by atoms with Crippen molar-refractivity contribution in [1.82, 2.24) is 15.2 Å².